The van der Waals surface area contributed by atoms with Gasteiger partial charge in [-0.15, -0.1) is 0 Å². The topological polar surface area (TPSA) is 318 Å². The Morgan fingerprint density at radius 2 is 1.24 bits per heavy atom. The molecule has 0 amide bonds. The molecule has 0 aromatic heterocycles. The highest BCUT2D eigenvalue weighted by molar-refractivity contribution is 5.33. The van der Waals surface area contributed by atoms with E-state index in [9.17, 15) is 66.4 Å². The Hall–Kier alpha value is -0.760. The van der Waals surface area contributed by atoms with E-state index in [1.807, 2.05) is 0 Å². The molecule has 26 atom stereocenters. The lowest BCUT2D eigenvalue weighted by Crippen LogP contribution is -2.65. The number of hydrogen-bond acceptors (Lipinski definition) is 19. The van der Waals surface area contributed by atoms with Crippen molar-refractivity contribution in [2.45, 2.75) is 222 Å². The first kappa shape index (κ1) is 51.6. The molecule has 8 aliphatic rings. The number of ether oxygens (including phenoxy) is 6. The lowest BCUT2D eigenvalue weighted by Gasteiger charge is -2.65. The summed E-state index contributed by atoms with van der Waals surface area (Å²) in [5.41, 5.74) is -3.33. The molecule has 5 aliphatic carbocycles. The normalized spacial score (nSPS) is 54.4. The van der Waals surface area contributed by atoms with Gasteiger partial charge < -0.3 is 94.8 Å². The Labute approximate surface area is 386 Å². The van der Waals surface area contributed by atoms with Crippen LogP contribution in [0.5, 0.6) is 0 Å². The highest BCUT2D eigenvalue weighted by atomic mass is 16.7. The molecule has 19 heteroatoms. The van der Waals surface area contributed by atoms with Gasteiger partial charge in [-0.05, 0) is 122 Å². The van der Waals surface area contributed by atoms with Crippen LogP contribution in [-0.2, 0) is 28.4 Å². The minimum atomic E-state index is -1.65. The maximum atomic E-state index is 12.3. The Balaban J connectivity index is 1.07. The molecule has 0 bridgehead atoms. The third-order valence-corrected chi connectivity index (χ3v) is 19.4. The summed E-state index contributed by atoms with van der Waals surface area (Å²) in [4.78, 5) is 0. The molecule has 8 fully saturated rings. The van der Waals surface area contributed by atoms with Gasteiger partial charge >= 0.3 is 0 Å². The molecule has 19 nitrogen and oxygen atoms in total. The molecule has 66 heavy (non-hydrogen) atoms. The third kappa shape index (κ3) is 7.98. The minimum Gasteiger partial charge on any atom is -0.394 e. The molecule has 382 valence electrons. The summed E-state index contributed by atoms with van der Waals surface area (Å²) >= 11 is 0. The molecule has 0 radical (unpaired) electrons. The Morgan fingerprint density at radius 1 is 0.652 bits per heavy atom. The van der Waals surface area contributed by atoms with E-state index in [0.717, 1.165) is 25.7 Å². The second-order valence-corrected chi connectivity index (χ2v) is 23.5. The maximum absolute atomic E-state index is 12.3. The van der Waals surface area contributed by atoms with E-state index in [2.05, 4.69) is 34.6 Å². The summed E-state index contributed by atoms with van der Waals surface area (Å²) in [5.74, 6) is -0.463. The smallest absolute Gasteiger partial charge is 0.187 e. The van der Waals surface area contributed by atoms with Crippen LogP contribution in [-0.4, -0.2) is 202 Å². The van der Waals surface area contributed by atoms with Crippen molar-refractivity contribution in [2.75, 3.05) is 19.8 Å². The first-order chi connectivity index (χ1) is 30.7. The minimum absolute atomic E-state index is 0.0220. The molecule has 13 N–H and O–H groups in total. The van der Waals surface area contributed by atoms with Gasteiger partial charge in [-0.1, -0.05) is 34.6 Å². The van der Waals surface area contributed by atoms with E-state index in [1.54, 1.807) is 13.8 Å². The number of hydrogen-bond donors (Lipinski definition) is 13. The zero-order valence-corrected chi connectivity index (χ0v) is 39.5. The Kier molecular flexibility index (Phi) is 14.1. The second-order valence-electron chi connectivity index (χ2n) is 23.5. The summed E-state index contributed by atoms with van der Waals surface area (Å²) in [7, 11) is 0. The van der Waals surface area contributed by atoms with Gasteiger partial charge in [-0.2, -0.15) is 0 Å². The fourth-order valence-corrected chi connectivity index (χ4v) is 15.8. The zero-order chi connectivity index (χ0) is 48.4. The van der Waals surface area contributed by atoms with Crippen LogP contribution >= 0.6 is 0 Å². The van der Waals surface area contributed by atoms with Crippen LogP contribution in [0.1, 0.15) is 106 Å². The molecule has 2 spiro atoms. The summed E-state index contributed by atoms with van der Waals surface area (Å²) in [6.07, 6.45) is -17.3. The van der Waals surface area contributed by atoms with E-state index >= 15 is 0 Å². The van der Waals surface area contributed by atoms with Crippen molar-refractivity contribution in [3.63, 3.8) is 0 Å². The van der Waals surface area contributed by atoms with Gasteiger partial charge in [-0.25, -0.2) is 0 Å². The van der Waals surface area contributed by atoms with E-state index < -0.39 is 140 Å². The van der Waals surface area contributed by atoms with Crippen LogP contribution in [0.2, 0.25) is 0 Å². The van der Waals surface area contributed by atoms with Crippen molar-refractivity contribution in [1.29, 1.82) is 0 Å². The zero-order valence-electron chi connectivity index (χ0n) is 39.5. The quantitative estimate of drug-likeness (QED) is 0.0924. The lowest BCUT2D eigenvalue weighted by molar-refractivity contribution is -0.338. The molecule has 0 aromatic rings. The maximum Gasteiger partial charge on any atom is 0.187 e. The third-order valence-electron chi connectivity index (χ3n) is 19.4. The number of rotatable bonds is 13. The molecule has 3 saturated heterocycles. The summed E-state index contributed by atoms with van der Waals surface area (Å²) in [6.45, 7) is 12.5. The SMILES string of the molecule is C[C@H](CC[C@H](O[C@@H]1O[C@H](CO)[C@@H](O)[C@H](O)[C@H]1O)C(C)(C)O)[C@H]1[C@@H](O)C[C@@]2(C)[C@@H]3C[C@H](O[C@@H]4O[C@H](CO)[C@@H](O)[C@H](O)[C@H]4O)C4C(C)(C)[C@@H](O[C@@H]5OC[C@@H](O)[C@H](O)[C@H]5O)CC[C@@]45C[C@@]35CC[C@]12C. The molecule has 3 aliphatic heterocycles. The largest absolute Gasteiger partial charge is 0.394 e. The van der Waals surface area contributed by atoms with Gasteiger partial charge in [0.1, 0.15) is 67.1 Å². The predicted octanol–water partition coefficient (Wildman–Crippen LogP) is -1.61. The molecular weight excluding hydrogens is 868 g/mol. The van der Waals surface area contributed by atoms with Crippen LogP contribution in [0.3, 0.4) is 0 Å². The van der Waals surface area contributed by atoms with E-state index in [4.69, 9.17) is 28.4 Å². The molecule has 5 saturated carbocycles. The van der Waals surface area contributed by atoms with Crippen molar-refractivity contribution in [3.05, 3.63) is 0 Å². The summed E-state index contributed by atoms with van der Waals surface area (Å²) in [5, 5.41) is 139. The van der Waals surface area contributed by atoms with E-state index in [1.165, 1.54) is 0 Å². The summed E-state index contributed by atoms with van der Waals surface area (Å²) in [6, 6.07) is 0. The van der Waals surface area contributed by atoms with Gasteiger partial charge in [-0.3, -0.25) is 0 Å². The highest BCUT2D eigenvalue weighted by Crippen LogP contribution is 2.89. The number of aliphatic hydroxyl groups excluding tert-OH is 12. The second kappa shape index (κ2) is 18.1. The summed E-state index contributed by atoms with van der Waals surface area (Å²) < 4.78 is 36.9. The Morgan fingerprint density at radius 3 is 1.85 bits per heavy atom. The van der Waals surface area contributed by atoms with Gasteiger partial charge in [0, 0.05) is 0 Å². The van der Waals surface area contributed by atoms with Gasteiger partial charge in [0.05, 0.1) is 49.8 Å². The fourth-order valence-electron chi connectivity index (χ4n) is 15.8. The predicted molar refractivity (Wildman–Crippen MR) is 228 cm³/mol. The van der Waals surface area contributed by atoms with Gasteiger partial charge in [0.25, 0.3) is 0 Å². The lowest BCUT2D eigenvalue weighted by atomic mass is 9.41. The molecule has 0 aromatic carbocycles. The molecule has 8 rings (SSSR count). The number of fused-ring (bicyclic) bond motifs is 2. The van der Waals surface area contributed by atoms with Crippen LogP contribution < -0.4 is 0 Å². The van der Waals surface area contributed by atoms with Crippen molar-refractivity contribution < 1.29 is 94.8 Å². The fraction of sp³-hybridized carbons (Fsp3) is 1.00. The van der Waals surface area contributed by atoms with Crippen molar-refractivity contribution in [1.82, 2.24) is 0 Å². The Bertz CT molecular complexity index is 1700. The van der Waals surface area contributed by atoms with E-state index in [0.29, 0.717) is 32.1 Å². The monoisotopic (exact) mass is 949 g/mol. The van der Waals surface area contributed by atoms with Gasteiger partial charge in [0.2, 0.25) is 0 Å². The standard InChI is InChI=1S/C47H80O19/c1-20(8-9-28(43(4,5)60)66-41-37(59)34(56)32(54)25(17-49)64-41)29-21(50)15-45(7)26-14-23(62-40-36(58)33(55)31(53)24(16-48)63-40)38-42(2,3)27(65-39-35(57)30(52)22(51)18-61-39)10-11-47(38)19-46(26,47)13-12-44(29,45)6/h20-41,48-60H,8-19H2,1-7H3/t20-,21+,22-,23+,24-,25-,26+,27+,28+,29+,30+,31-,32-,33+,34+,35-,36-,37-,38?,39+,40-,41+,44-,45+,46+,47-/m1/s1. The first-order valence-corrected chi connectivity index (χ1v) is 24.4. The first-order valence-electron chi connectivity index (χ1n) is 24.4. The van der Waals surface area contributed by atoms with Crippen LogP contribution in [0, 0.1) is 50.7 Å². The van der Waals surface area contributed by atoms with Crippen molar-refractivity contribution in [3.8, 4) is 0 Å². The van der Waals surface area contributed by atoms with Crippen LogP contribution in [0.15, 0.2) is 0 Å². The molecular formula is C47H80O19. The van der Waals surface area contributed by atoms with Gasteiger partial charge in [0.15, 0.2) is 18.9 Å². The average Bonchev–Trinajstić information content (AvgIpc) is 3.85. The molecule has 1 unspecified atom stereocenters. The van der Waals surface area contributed by atoms with Crippen LogP contribution in [0.4, 0.5) is 0 Å². The van der Waals surface area contributed by atoms with Crippen molar-refractivity contribution in [2.24, 2.45) is 50.7 Å². The van der Waals surface area contributed by atoms with E-state index in [-0.39, 0.29) is 46.5 Å². The molecule has 3 heterocycles. The number of aliphatic hydroxyl groups is 13. The highest BCUT2D eigenvalue weighted by Gasteiger charge is 2.85. The van der Waals surface area contributed by atoms with Crippen molar-refractivity contribution >= 4 is 0 Å². The average molecular weight is 949 g/mol. The van der Waals surface area contributed by atoms with Crippen LogP contribution in [0.25, 0.3) is 0 Å².